The van der Waals surface area contributed by atoms with Crippen molar-refractivity contribution in [1.29, 1.82) is 0 Å². The predicted molar refractivity (Wildman–Crippen MR) is 150 cm³/mol. The Hall–Kier alpha value is -2.44. The van der Waals surface area contributed by atoms with E-state index in [4.69, 9.17) is 16.6 Å². The summed E-state index contributed by atoms with van der Waals surface area (Å²) >= 11 is 6.11. The number of carbonyl (C=O) groups is 2. The quantitative estimate of drug-likeness (QED) is 0.399. The molecule has 2 fully saturated rings. The summed E-state index contributed by atoms with van der Waals surface area (Å²) in [5, 5.41) is 6.89. The van der Waals surface area contributed by atoms with Crippen LogP contribution in [0.5, 0.6) is 0 Å². The first-order valence-electron chi connectivity index (χ1n) is 13.9. The SMILES string of the molecule is CC(C)C(=O)Nc1cccc(C2CCN(CCCNC(=O)C3(c4ccc(Cl)cc4)CCCCC3)CC2)n1. The largest absolute Gasteiger partial charge is 0.355 e. The zero-order chi connectivity index (χ0) is 26.3. The summed E-state index contributed by atoms with van der Waals surface area (Å²) in [4.78, 5) is 32.6. The van der Waals surface area contributed by atoms with Gasteiger partial charge in [-0.25, -0.2) is 4.98 Å². The van der Waals surface area contributed by atoms with Gasteiger partial charge in [0.15, 0.2) is 0 Å². The molecule has 200 valence electrons. The van der Waals surface area contributed by atoms with Gasteiger partial charge in [-0.15, -0.1) is 0 Å². The molecule has 0 unspecified atom stereocenters. The van der Waals surface area contributed by atoms with Gasteiger partial charge < -0.3 is 15.5 Å². The van der Waals surface area contributed by atoms with Crippen LogP contribution in [0.4, 0.5) is 5.82 Å². The number of carbonyl (C=O) groups excluding carboxylic acids is 2. The average molecular weight is 525 g/mol. The van der Waals surface area contributed by atoms with Gasteiger partial charge in [-0.2, -0.15) is 0 Å². The van der Waals surface area contributed by atoms with E-state index in [0.717, 1.165) is 75.8 Å². The van der Waals surface area contributed by atoms with Crippen molar-refractivity contribution in [3.63, 3.8) is 0 Å². The van der Waals surface area contributed by atoms with E-state index in [0.29, 0.717) is 23.3 Å². The molecule has 2 amide bonds. The summed E-state index contributed by atoms with van der Waals surface area (Å²) in [6.45, 7) is 7.50. The van der Waals surface area contributed by atoms with Gasteiger partial charge in [0.2, 0.25) is 11.8 Å². The molecule has 37 heavy (non-hydrogen) atoms. The predicted octanol–water partition coefficient (Wildman–Crippen LogP) is 5.92. The number of halogens is 1. The van der Waals surface area contributed by atoms with E-state index in [2.05, 4.69) is 21.6 Å². The van der Waals surface area contributed by atoms with Crippen LogP contribution in [0, 0.1) is 5.92 Å². The second kappa shape index (κ2) is 12.9. The van der Waals surface area contributed by atoms with Crippen LogP contribution in [0.2, 0.25) is 5.02 Å². The van der Waals surface area contributed by atoms with Crippen molar-refractivity contribution in [1.82, 2.24) is 15.2 Å². The van der Waals surface area contributed by atoms with Crippen molar-refractivity contribution < 1.29 is 9.59 Å². The van der Waals surface area contributed by atoms with E-state index in [1.165, 1.54) is 6.42 Å². The minimum absolute atomic E-state index is 0.00543. The van der Waals surface area contributed by atoms with Crippen molar-refractivity contribution in [2.45, 2.75) is 76.5 Å². The molecule has 1 saturated heterocycles. The maximum absolute atomic E-state index is 13.4. The highest BCUT2D eigenvalue weighted by Gasteiger charge is 2.40. The Morgan fingerprint density at radius 1 is 1.05 bits per heavy atom. The molecular weight excluding hydrogens is 484 g/mol. The minimum atomic E-state index is -0.419. The van der Waals surface area contributed by atoms with Crippen LogP contribution in [0.3, 0.4) is 0 Å². The summed E-state index contributed by atoms with van der Waals surface area (Å²) < 4.78 is 0. The number of amides is 2. The number of piperidine rings is 1. The van der Waals surface area contributed by atoms with E-state index in [1.807, 2.05) is 50.2 Å². The van der Waals surface area contributed by atoms with Crippen LogP contribution >= 0.6 is 11.6 Å². The Labute approximate surface area is 226 Å². The standard InChI is InChI=1S/C30H41ClN4O2/c1-22(2)28(36)34-27-9-6-8-26(33-27)23-14-20-35(21-15-23)19-7-18-32-29(37)30(16-4-3-5-17-30)24-10-12-25(31)13-11-24/h6,8-13,22-23H,3-5,7,14-21H2,1-2H3,(H,32,37)(H,33,34,36). The van der Waals surface area contributed by atoms with E-state index < -0.39 is 5.41 Å². The van der Waals surface area contributed by atoms with Crippen LogP contribution in [0.1, 0.15) is 82.4 Å². The Morgan fingerprint density at radius 2 is 1.76 bits per heavy atom. The van der Waals surface area contributed by atoms with Gasteiger partial charge in [0.1, 0.15) is 5.82 Å². The smallest absolute Gasteiger partial charge is 0.230 e. The molecule has 0 radical (unpaired) electrons. The molecule has 0 atom stereocenters. The van der Waals surface area contributed by atoms with Gasteiger partial charge in [-0.3, -0.25) is 9.59 Å². The first-order chi connectivity index (χ1) is 17.9. The molecule has 1 aliphatic heterocycles. The lowest BCUT2D eigenvalue weighted by molar-refractivity contribution is -0.128. The number of nitrogens with one attached hydrogen (secondary N) is 2. The molecule has 2 aliphatic rings. The van der Waals surface area contributed by atoms with Crippen LogP contribution in [0.15, 0.2) is 42.5 Å². The third-order valence-electron chi connectivity index (χ3n) is 8.03. The summed E-state index contributed by atoms with van der Waals surface area (Å²) in [7, 11) is 0. The Kier molecular flexibility index (Phi) is 9.60. The lowest BCUT2D eigenvalue weighted by atomic mass is 9.68. The van der Waals surface area contributed by atoms with Crippen molar-refractivity contribution in [3.8, 4) is 0 Å². The highest BCUT2D eigenvalue weighted by molar-refractivity contribution is 6.30. The topological polar surface area (TPSA) is 74.3 Å². The zero-order valence-corrected chi connectivity index (χ0v) is 23.0. The molecule has 1 saturated carbocycles. The highest BCUT2D eigenvalue weighted by atomic mass is 35.5. The third kappa shape index (κ3) is 7.11. The summed E-state index contributed by atoms with van der Waals surface area (Å²) in [6.07, 6.45) is 8.25. The van der Waals surface area contributed by atoms with E-state index in [-0.39, 0.29) is 17.7 Å². The Balaban J connectivity index is 1.22. The second-order valence-electron chi connectivity index (χ2n) is 11.0. The van der Waals surface area contributed by atoms with Gasteiger partial charge in [0.25, 0.3) is 0 Å². The lowest BCUT2D eigenvalue weighted by Gasteiger charge is -2.36. The average Bonchev–Trinajstić information content (AvgIpc) is 2.92. The third-order valence-corrected chi connectivity index (χ3v) is 8.28. The molecule has 0 spiro atoms. The fourth-order valence-corrected chi connectivity index (χ4v) is 5.84. The van der Waals surface area contributed by atoms with Gasteiger partial charge in [0.05, 0.1) is 5.41 Å². The number of aromatic nitrogens is 1. The van der Waals surface area contributed by atoms with Crippen molar-refractivity contribution >= 4 is 29.2 Å². The van der Waals surface area contributed by atoms with Crippen molar-refractivity contribution in [3.05, 3.63) is 58.7 Å². The van der Waals surface area contributed by atoms with Gasteiger partial charge in [-0.05, 0) is 81.6 Å². The van der Waals surface area contributed by atoms with Crippen LogP contribution < -0.4 is 10.6 Å². The number of benzene rings is 1. The first kappa shape index (κ1) is 27.6. The summed E-state index contributed by atoms with van der Waals surface area (Å²) in [5.74, 6) is 1.16. The number of pyridine rings is 1. The van der Waals surface area contributed by atoms with Crippen LogP contribution in [-0.4, -0.2) is 47.9 Å². The van der Waals surface area contributed by atoms with Crippen molar-refractivity contribution in [2.75, 3.05) is 31.5 Å². The monoisotopic (exact) mass is 524 g/mol. The molecule has 2 N–H and O–H groups in total. The number of anilines is 1. The van der Waals surface area contributed by atoms with E-state index >= 15 is 0 Å². The molecule has 0 bridgehead atoms. The van der Waals surface area contributed by atoms with Gasteiger partial charge >= 0.3 is 0 Å². The van der Waals surface area contributed by atoms with Gasteiger partial charge in [0, 0.05) is 29.1 Å². The number of hydrogen-bond donors (Lipinski definition) is 2. The van der Waals surface area contributed by atoms with Crippen LogP contribution in [0.25, 0.3) is 0 Å². The summed E-state index contributed by atoms with van der Waals surface area (Å²) in [6, 6.07) is 13.8. The number of likely N-dealkylation sites (tertiary alicyclic amines) is 1. The normalized spacial score (nSPS) is 18.5. The van der Waals surface area contributed by atoms with Crippen molar-refractivity contribution in [2.24, 2.45) is 5.92 Å². The Morgan fingerprint density at radius 3 is 2.43 bits per heavy atom. The van der Waals surface area contributed by atoms with Gasteiger partial charge in [-0.1, -0.05) is 62.9 Å². The molecule has 1 aromatic carbocycles. The van der Waals surface area contributed by atoms with E-state index in [1.54, 1.807) is 0 Å². The first-order valence-corrected chi connectivity index (χ1v) is 14.3. The molecule has 2 aromatic rings. The number of rotatable bonds is 9. The number of hydrogen-bond acceptors (Lipinski definition) is 4. The second-order valence-corrected chi connectivity index (χ2v) is 11.4. The maximum Gasteiger partial charge on any atom is 0.230 e. The van der Waals surface area contributed by atoms with E-state index in [9.17, 15) is 9.59 Å². The Bertz CT molecular complexity index is 1040. The molecule has 1 aromatic heterocycles. The molecule has 1 aliphatic carbocycles. The highest BCUT2D eigenvalue weighted by Crippen LogP contribution is 2.40. The molecule has 4 rings (SSSR count). The molecular formula is C30H41ClN4O2. The zero-order valence-electron chi connectivity index (χ0n) is 22.3. The van der Waals surface area contributed by atoms with Crippen LogP contribution in [-0.2, 0) is 15.0 Å². The maximum atomic E-state index is 13.4. The fourth-order valence-electron chi connectivity index (χ4n) is 5.72. The molecule has 2 heterocycles. The lowest BCUT2D eigenvalue weighted by Crippen LogP contribution is -2.46. The molecule has 6 nitrogen and oxygen atoms in total. The fraction of sp³-hybridized carbons (Fsp3) is 0.567. The summed E-state index contributed by atoms with van der Waals surface area (Å²) in [5.41, 5.74) is 1.74. The number of nitrogens with zero attached hydrogens (tertiary/aromatic N) is 2. The molecule has 7 heteroatoms. The minimum Gasteiger partial charge on any atom is -0.355 e.